The van der Waals surface area contributed by atoms with Crippen LogP contribution in [-0.4, -0.2) is 33.7 Å². The predicted octanol–water partition coefficient (Wildman–Crippen LogP) is 1.72. The molecule has 0 unspecified atom stereocenters. The second-order valence-corrected chi connectivity index (χ2v) is 5.55. The number of carbonyl (C=O) groups excluding carboxylic acids is 1. The standard InChI is InChI=1S/C12H15NO3S/c1-17-12(4-5-12)7-13-11(16)8-2-3-9(14)10(15)6-8/h2-3,6,14-15H,4-5,7H2,1H3,(H,13,16). The first kappa shape index (κ1) is 12.1. The van der Waals surface area contributed by atoms with E-state index < -0.39 is 0 Å². The van der Waals surface area contributed by atoms with Crippen LogP contribution in [0.5, 0.6) is 11.5 Å². The van der Waals surface area contributed by atoms with E-state index in [0.717, 1.165) is 12.8 Å². The first-order valence-electron chi connectivity index (χ1n) is 5.42. The Morgan fingerprint density at radius 3 is 2.65 bits per heavy atom. The van der Waals surface area contributed by atoms with E-state index in [4.69, 9.17) is 5.11 Å². The van der Waals surface area contributed by atoms with Crippen molar-refractivity contribution in [2.24, 2.45) is 0 Å². The fraction of sp³-hybridized carbons (Fsp3) is 0.417. The van der Waals surface area contributed by atoms with Crippen LogP contribution in [0.25, 0.3) is 0 Å². The molecule has 2 rings (SSSR count). The molecule has 0 bridgehead atoms. The molecule has 4 nitrogen and oxygen atoms in total. The molecule has 0 saturated heterocycles. The van der Waals surface area contributed by atoms with Crippen LogP contribution >= 0.6 is 11.8 Å². The Kier molecular flexibility index (Phi) is 3.19. The molecule has 1 aliphatic rings. The summed E-state index contributed by atoms with van der Waals surface area (Å²) in [6.07, 6.45) is 4.32. The van der Waals surface area contributed by atoms with Gasteiger partial charge in [0.25, 0.3) is 5.91 Å². The number of carbonyl (C=O) groups is 1. The summed E-state index contributed by atoms with van der Waals surface area (Å²) in [5, 5.41) is 21.3. The van der Waals surface area contributed by atoms with Gasteiger partial charge >= 0.3 is 0 Å². The molecular formula is C12H15NO3S. The fourth-order valence-corrected chi connectivity index (χ4v) is 2.33. The summed E-state index contributed by atoms with van der Waals surface area (Å²) in [6, 6.07) is 4.07. The molecule has 3 N–H and O–H groups in total. The second-order valence-electron chi connectivity index (χ2n) is 4.27. The van der Waals surface area contributed by atoms with Crippen LogP contribution in [0, 0.1) is 0 Å². The smallest absolute Gasteiger partial charge is 0.251 e. The minimum Gasteiger partial charge on any atom is -0.504 e. The monoisotopic (exact) mass is 253 g/mol. The van der Waals surface area contributed by atoms with E-state index in [1.807, 2.05) is 6.26 Å². The second kappa shape index (κ2) is 4.49. The van der Waals surface area contributed by atoms with Crippen LogP contribution in [0.4, 0.5) is 0 Å². The van der Waals surface area contributed by atoms with Gasteiger partial charge in [-0.3, -0.25) is 4.79 Å². The first-order chi connectivity index (χ1) is 8.06. The van der Waals surface area contributed by atoms with Crippen LogP contribution in [0.1, 0.15) is 23.2 Å². The van der Waals surface area contributed by atoms with Crippen molar-refractivity contribution >= 4 is 17.7 Å². The SMILES string of the molecule is CSC1(CNC(=O)c2ccc(O)c(O)c2)CC1. The van der Waals surface area contributed by atoms with E-state index >= 15 is 0 Å². The topological polar surface area (TPSA) is 69.6 Å². The number of rotatable bonds is 4. The fourth-order valence-electron chi connectivity index (χ4n) is 1.60. The zero-order chi connectivity index (χ0) is 12.5. The molecule has 0 spiro atoms. The van der Waals surface area contributed by atoms with Crippen molar-refractivity contribution in [3.63, 3.8) is 0 Å². The molecule has 0 aromatic heterocycles. The van der Waals surface area contributed by atoms with Crippen LogP contribution in [0.15, 0.2) is 18.2 Å². The van der Waals surface area contributed by atoms with Gasteiger partial charge in [0.05, 0.1) is 0 Å². The van der Waals surface area contributed by atoms with Gasteiger partial charge in [0.15, 0.2) is 11.5 Å². The van der Waals surface area contributed by atoms with Crippen molar-refractivity contribution in [3.05, 3.63) is 23.8 Å². The van der Waals surface area contributed by atoms with Crippen molar-refractivity contribution < 1.29 is 15.0 Å². The molecular weight excluding hydrogens is 238 g/mol. The van der Waals surface area contributed by atoms with Gasteiger partial charge in [0.2, 0.25) is 0 Å². The van der Waals surface area contributed by atoms with Gasteiger partial charge in [-0.15, -0.1) is 0 Å². The summed E-state index contributed by atoms with van der Waals surface area (Å²) in [5.74, 6) is -0.714. The largest absolute Gasteiger partial charge is 0.504 e. The van der Waals surface area contributed by atoms with E-state index in [0.29, 0.717) is 12.1 Å². The van der Waals surface area contributed by atoms with Crippen molar-refractivity contribution in [2.45, 2.75) is 17.6 Å². The lowest BCUT2D eigenvalue weighted by molar-refractivity contribution is 0.0952. The van der Waals surface area contributed by atoms with Crippen molar-refractivity contribution in [2.75, 3.05) is 12.8 Å². The highest BCUT2D eigenvalue weighted by atomic mass is 32.2. The minimum atomic E-state index is -0.274. The van der Waals surface area contributed by atoms with E-state index in [-0.39, 0.29) is 22.2 Å². The highest BCUT2D eigenvalue weighted by molar-refractivity contribution is 8.00. The number of amides is 1. The highest BCUT2D eigenvalue weighted by Gasteiger charge is 2.41. The maximum Gasteiger partial charge on any atom is 0.251 e. The number of nitrogens with one attached hydrogen (secondary N) is 1. The summed E-state index contributed by atoms with van der Waals surface area (Å²) in [5.41, 5.74) is 0.359. The lowest BCUT2D eigenvalue weighted by atomic mass is 10.2. The zero-order valence-corrected chi connectivity index (χ0v) is 10.4. The number of thioether (sulfide) groups is 1. The molecule has 17 heavy (non-hydrogen) atoms. The third-order valence-electron chi connectivity index (χ3n) is 3.05. The van der Waals surface area contributed by atoms with Gasteiger partial charge in [-0.05, 0) is 37.3 Å². The van der Waals surface area contributed by atoms with Crippen molar-refractivity contribution in [3.8, 4) is 11.5 Å². The average molecular weight is 253 g/mol. The molecule has 1 aliphatic carbocycles. The molecule has 1 fully saturated rings. The Labute approximate surface area is 104 Å². The highest BCUT2D eigenvalue weighted by Crippen LogP contribution is 2.46. The molecule has 92 valence electrons. The Balaban J connectivity index is 1.97. The summed E-state index contributed by atoms with van der Waals surface area (Å²) in [4.78, 5) is 11.8. The lowest BCUT2D eigenvalue weighted by Gasteiger charge is -2.13. The molecule has 0 atom stereocenters. The Morgan fingerprint density at radius 2 is 2.12 bits per heavy atom. The summed E-state index contributed by atoms with van der Waals surface area (Å²) in [7, 11) is 0. The third kappa shape index (κ3) is 2.66. The molecule has 1 saturated carbocycles. The molecule has 0 heterocycles. The molecule has 1 aromatic carbocycles. The predicted molar refractivity (Wildman–Crippen MR) is 67.6 cm³/mol. The number of benzene rings is 1. The van der Waals surface area contributed by atoms with Crippen molar-refractivity contribution in [1.82, 2.24) is 5.32 Å². The maximum absolute atomic E-state index is 11.8. The van der Waals surface area contributed by atoms with E-state index in [2.05, 4.69) is 5.32 Å². The normalized spacial score (nSPS) is 16.5. The van der Waals surface area contributed by atoms with Gasteiger partial charge in [-0.25, -0.2) is 0 Å². The number of hydrogen-bond donors (Lipinski definition) is 3. The molecule has 1 amide bonds. The first-order valence-corrected chi connectivity index (χ1v) is 6.64. The van der Waals surface area contributed by atoms with Crippen LogP contribution in [-0.2, 0) is 0 Å². The summed E-state index contributed by atoms with van der Waals surface area (Å²) >= 11 is 1.78. The quantitative estimate of drug-likeness (QED) is 0.715. The van der Waals surface area contributed by atoms with Gasteiger partial charge in [-0.2, -0.15) is 11.8 Å². The Morgan fingerprint density at radius 1 is 1.41 bits per heavy atom. The van der Waals surface area contributed by atoms with Crippen molar-refractivity contribution in [1.29, 1.82) is 0 Å². The molecule has 0 aliphatic heterocycles. The lowest BCUT2D eigenvalue weighted by Crippen LogP contribution is -2.31. The van der Waals surface area contributed by atoms with Gasteiger partial charge in [0.1, 0.15) is 0 Å². The molecule has 5 heteroatoms. The summed E-state index contributed by atoms with van der Waals surface area (Å²) < 4.78 is 0.217. The third-order valence-corrected chi connectivity index (χ3v) is 4.47. The van der Waals surface area contributed by atoms with Gasteiger partial charge in [0, 0.05) is 16.9 Å². The molecule has 0 radical (unpaired) electrons. The average Bonchev–Trinajstić information content (AvgIpc) is 3.10. The zero-order valence-electron chi connectivity index (χ0n) is 9.56. The van der Waals surface area contributed by atoms with E-state index in [1.165, 1.54) is 18.2 Å². The molecule has 1 aromatic rings. The van der Waals surface area contributed by atoms with Gasteiger partial charge < -0.3 is 15.5 Å². The number of phenolic OH excluding ortho intramolecular Hbond substituents is 2. The van der Waals surface area contributed by atoms with Crippen LogP contribution < -0.4 is 5.32 Å². The van der Waals surface area contributed by atoms with Crippen LogP contribution in [0.3, 0.4) is 0 Å². The number of aromatic hydroxyl groups is 2. The van der Waals surface area contributed by atoms with E-state index in [1.54, 1.807) is 11.8 Å². The Bertz CT molecular complexity index is 443. The Hall–Kier alpha value is -1.36. The maximum atomic E-state index is 11.8. The van der Waals surface area contributed by atoms with Gasteiger partial charge in [-0.1, -0.05) is 0 Å². The summed E-state index contributed by atoms with van der Waals surface area (Å²) in [6.45, 7) is 0.647. The van der Waals surface area contributed by atoms with E-state index in [9.17, 15) is 9.90 Å². The van der Waals surface area contributed by atoms with Crippen LogP contribution in [0.2, 0.25) is 0 Å². The minimum absolute atomic E-state index is 0.217. The number of phenols is 2. The number of hydrogen-bond acceptors (Lipinski definition) is 4.